The van der Waals surface area contributed by atoms with Gasteiger partial charge in [-0.2, -0.15) is 13.2 Å². The van der Waals surface area contributed by atoms with Crippen LogP contribution in [0.1, 0.15) is 5.56 Å². The van der Waals surface area contributed by atoms with Gasteiger partial charge in [-0.05, 0) is 12.1 Å². The van der Waals surface area contributed by atoms with Crippen molar-refractivity contribution in [3.63, 3.8) is 0 Å². The number of rotatable bonds is 1. The van der Waals surface area contributed by atoms with Crippen LogP contribution in [-0.2, 0) is 4.79 Å². The number of halogens is 5. The van der Waals surface area contributed by atoms with Crippen LogP contribution in [0.15, 0.2) is 11.6 Å². The lowest BCUT2D eigenvalue weighted by atomic mass is 9.98. The van der Waals surface area contributed by atoms with Gasteiger partial charge in [0.05, 0.1) is 0 Å². The predicted octanol–water partition coefficient (Wildman–Crippen LogP) is 2.18. The Hall–Kier alpha value is -1.64. The highest BCUT2D eigenvalue weighted by Gasteiger charge is 2.63. The molecule has 1 aromatic rings. The van der Waals surface area contributed by atoms with Crippen molar-refractivity contribution in [3.8, 4) is 11.5 Å². The molecule has 1 aliphatic heterocycles. The van der Waals surface area contributed by atoms with E-state index in [1.54, 1.807) is 0 Å². The first kappa shape index (κ1) is 15.7. The second-order valence-electron chi connectivity index (χ2n) is 4.02. The fourth-order valence-corrected chi connectivity index (χ4v) is 2.18. The first-order valence-electron chi connectivity index (χ1n) is 5.11. The number of aliphatic hydroxyl groups is 1. The van der Waals surface area contributed by atoms with E-state index in [9.17, 15) is 28.2 Å². The van der Waals surface area contributed by atoms with Gasteiger partial charge < -0.3 is 20.1 Å². The summed E-state index contributed by atoms with van der Waals surface area (Å²) in [5.41, 5.74) is -1.93. The lowest BCUT2D eigenvalue weighted by Gasteiger charge is -2.35. The number of benzene rings is 1. The van der Waals surface area contributed by atoms with Crippen LogP contribution in [0.5, 0.6) is 11.5 Å². The Morgan fingerprint density at radius 1 is 1.38 bits per heavy atom. The van der Waals surface area contributed by atoms with Crippen LogP contribution in [0, 0.1) is 0 Å². The molecule has 1 unspecified atom stereocenters. The molecule has 0 radical (unpaired) electrons. The molecule has 1 aromatic carbocycles. The van der Waals surface area contributed by atoms with Gasteiger partial charge >= 0.3 is 17.9 Å². The minimum Gasteiger partial charge on any atom is -0.870 e. The summed E-state index contributed by atoms with van der Waals surface area (Å²) in [4.78, 5) is 10.9. The minimum atomic E-state index is -5.44. The molecule has 21 heavy (non-hydrogen) atoms. The molecule has 1 atom stereocenters. The molecule has 0 saturated heterocycles. The maximum absolute atomic E-state index is 12.9. The van der Waals surface area contributed by atoms with Crippen LogP contribution in [0.4, 0.5) is 13.2 Å². The average Bonchev–Trinajstić information content (AvgIpc) is 2.34. The summed E-state index contributed by atoms with van der Waals surface area (Å²) in [5.74, 6) is -7.73. The van der Waals surface area contributed by atoms with Gasteiger partial charge in [-0.25, -0.2) is 4.79 Å². The maximum Gasteiger partial charge on any atom is 0.460 e. The third-order valence-electron chi connectivity index (χ3n) is 2.70. The van der Waals surface area contributed by atoms with Gasteiger partial charge in [0.15, 0.2) is 0 Å². The van der Waals surface area contributed by atoms with Crippen LogP contribution in [-0.4, -0.2) is 28.1 Å². The summed E-state index contributed by atoms with van der Waals surface area (Å²) >= 11 is 11.1. The van der Waals surface area contributed by atoms with Gasteiger partial charge in [0, 0.05) is 15.6 Å². The van der Waals surface area contributed by atoms with Gasteiger partial charge in [-0.1, -0.05) is 29.0 Å². The molecule has 0 bridgehead atoms. The third kappa shape index (κ3) is 2.29. The van der Waals surface area contributed by atoms with Gasteiger partial charge in [-0.3, -0.25) is 0 Å². The number of hydrogen-bond acceptors (Lipinski definition) is 4. The Morgan fingerprint density at radius 3 is 2.43 bits per heavy atom. The molecular formula is C11H4Cl2F3O5-. The standard InChI is InChI=1S/C11H5Cl2F3O5/c12-5-2-6-3(7(13)8(5)17)1-4(9(18)19)10(20,21-6)11(14,15)16/h1-2,17,20H,(H,18,19)/p-1. The van der Waals surface area contributed by atoms with Crippen LogP contribution >= 0.6 is 23.2 Å². The monoisotopic (exact) mass is 343 g/mol. The number of carboxylic acid groups (broad SMARTS) is 1. The van der Waals surface area contributed by atoms with Crippen molar-refractivity contribution < 1.29 is 38.0 Å². The molecule has 0 saturated carbocycles. The van der Waals surface area contributed by atoms with Crippen molar-refractivity contribution >= 4 is 35.2 Å². The van der Waals surface area contributed by atoms with Crippen molar-refractivity contribution in [3.05, 3.63) is 27.2 Å². The van der Waals surface area contributed by atoms with Gasteiger partial charge in [0.1, 0.15) is 11.3 Å². The summed E-state index contributed by atoms with van der Waals surface area (Å²) in [5, 5.41) is 28.7. The number of carboxylic acids is 1. The van der Waals surface area contributed by atoms with E-state index in [0.29, 0.717) is 6.08 Å². The average molecular weight is 344 g/mol. The van der Waals surface area contributed by atoms with E-state index < -0.39 is 50.6 Å². The molecule has 114 valence electrons. The van der Waals surface area contributed by atoms with E-state index in [1.165, 1.54) is 0 Å². The van der Waals surface area contributed by atoms with E-state index in [-0.39, 0.29) is 0 Å². The first-order valence-corrected chi connectivity index (χ1v) is 5.87. The summed E-state index contributed by atoms with van der Waals surface area (Å²) in [6, 6.07) is 0.719. The van der Waals surface area contributed by atoms with E-state index in [2.05, 4.69) is 4.74 Å². The Labute approximate surface area is 124 Å². The minimum absolute atomic E-state index is 0.405. The number of hydrogen-bond donors (Lipinski definition) is 2. The highest BCUT2D eigenvalue weighted by molar-refractivity contribution is 6.38. The molecule has 10 heteroatoms. The number of carbonyl (C=O) groups is 1. The Kier molecular flexibility index (Phi) is 3.51. The van der Waals surface area contributed by atoms with Crippen molar-refractivity contribution in [2.24, 2.45) is 0 Å². The van der Waals surface area contributed by atoms with Crippen LogP contribution < -0.4 is 9.84 Å². The van der Waals surface area contributed by atoms with Crippen molar-refractivity contribution in [2.75, 3.05) is 0 Å². The molecule has 5 nitrogen and oxygen atoms in total. The molecule has 0 aliphatic carbocycles. The molecule has 2 N–H and O–H groups in total. The third-order valence-corrected chi connectivity index (χ3v) is 3.36. The topological polar surface area (TPSA) is 89.8 Å². The summed E-state index contributed by atoms with van der Waals surface area (Å²) in [7, 11) is 0. The quantitative estimate of drug-likeness (QED) is 0.815. The lowest BCUT2D eigenvalue weighted by Crippen LogP contribution is -2.54. The second-order valence-corrected chi connectivity index (χ2v) is 4.81. The van der Waals surface area contributed by atoms with Crippen molar-refractivity contribution in [1.82, 2.24) is 0 Å². The molecule has 0 spiro atoms. The van der Waals surface area contributed by atoms with E-state index >= 15 is 0 Å². The van der Waals surface area contributed by atoms with Crippen LogP contribution in [0.2, 0.25) is 10.0 Å². The number of ether oxygens (including phenoxy) is 1. The summed E-state index contributed by atoms with van der Waals surface area (Å²) in [6.45, 7) is 0. The highest BCUT2D eigenvalue weighted by atomic mass is 35.5. The zero-order valence-electron chi connectivity index (χ0n) is 9.66. The predicted molar refractivity (Wildman–Crippen MR) is 63.2 cm³/mol. The van der Waals surface area contributed by atoms with Gasteiger partial charge in [-0.15, -0.1) is 0 Å². The van der Waals surface area contributed by atoms with Crippen molar-refractivity contribution in [2.45, 2.75) is 12.0 Å². The number of fused-ring (bicyclic) bond motifs is 1. The highest BCUT2D eigenvalue weighted by Crippen LogP contribution is 2.48. The smallest absolute Gasteiger partial charge is 0.460 e. The normalized spacial score (nSPS) is 21.3. The van der Waals surface area contributed by atoms with E-state index in [4.69, 9.17) is 28.3 Å². The Balaban J connectivity index is 2.77. The molecule has 0 amide bonds. The summed E-state index contributed by atoms with van der Waals surface area (Å²) in [6.07, 6.45) is -5.02. The van der Waals surface area contributed by atoms with Crippen molar-refractivity contribution in [1.29, 1.82) is 0 Å². The number of aliphatic carboxylic acids is 1. The van der Waals surface area contributed by atoms with Gasteiger partial charge in [0.2, 0.25) is 0 Å². The first-order chi connectivity index (χ1) is 9.49. The van der Waals surface area contributed by atoms with Crippen LogP contribution in [0.25, 0.3) is 6.08 Å². The maximum atomic E-state index is 12.9. The van der Waals surface area contributed by atoms with Gasteiger partial charge in [0.25, 0.3) is 0 Å². The molecule has 1 aliphatic rings. The lowest BCUT2D eigenvalue weighted by molar-refractivity contribution is -0.316. The second kappa shape index (κ2) is 4.69. The van der Waals surface area contributed by atoms with E-state index in [0.717, 1.165) is 6.07 Å². The SMILES string of the molecule is O=C(O)C1=Cc2c(cc(Cl)c([O-])c2Cl)OC1(O)C(F)(F)F. The van der Waals surface area contributed by atoms with Crippen LogP contribution in [0.3, 0.4) is 0 Å². The zero-order chi connectivity index (χ0) is 16.2. The molecule has 0 aromatic heterocycles. The summed E-state index contributed by atoms with van der Waals surface area (Å²) < 4.78 is 43.1. The molecule has 0 fully saturated rings. The Morgan fingerprint density at radius 2 is 1.95 bits per heavy atom. The largest absolute Gasteiger partial charge is 0.870 e. The fourth-order valence-electron chi connectivity index (χ4n) is 1.69. The molecule has 1 heterocycles. The number of alkyl halides is 3. The van der Waals surface area contributed by atoms with E-state index in [1.807, 2.05) is 0 Å². The zero-order valence-corrected chi connectivity index (χ0v) is 11.2. The fraction of sp³-hybridized carbons (Fsp3) is 0.182. The molecule has 2 rings (SSSR count). The Bertz CT molecular complexity index is 671. The molecular weight excluding hydrogens is 340 g/mol.